The van der Waals surface area contributed by atoms with Gasteiger partial charge in [-0.15, -0.1) is 0 Å². The lowest BCUT2D eigenvalue weighted by atomic mass is 10.0. The van der Waals surface area contributed by atoms with Crippen LogP contribution in [0, 0.1) is 12.8 Å². The number of amides is 3. The Hall–Kier alpha value is -5.07. The highest BCUT2D eigenvalue weighted by Gasteiger charge is 2.33. The van der Waals surface area contributed by atoms with E-state index in [0.29, 0.717) is 17.1 Å². The molecule has 1 aliphatic rings. The normalized spacial score (nSPS) is 19.2. The number of fused-ring (bicyclic) bond motifs is 2. The SMILES string of the molecule is COC(=O)C1Oc2cc(ccc2OC)C(=O)NC(C(C)C)CN(C(=O)c2cnc(-c3cccnc3)nc2C)CC(=O)N[C@H]1C. The highest BCUT2D eigenvalue weighted by atomic mass is 16.6. The quantitative estimate of drug-likeness (QED) is 0.413. The molecule has 0 saturated heterocycles. The monoisotopic (exact) mass is 604 g/mol. The van der Waals surface area contributed by atoms with Gasteiger partial charge in [-0.25, -0.2) is 14.8 Å². The molecule has 44 heavy (non-hydrogen) atoms. The first kappa shape index (κ1) is 31.9. The van der Waals surface area contributed by atoms with Crippen LogP contribution in [0.2, 0.25) is 0 Å². The number of benzene rings is 1. The number of carbonyl (C=O) groups is 4. The molecule has 3 atom stereocenters. The van der Waals surface area contributed by atoms with E-state index in [9.17, 15) is 19.2 Å². The second-order valence-corrected chi connectivity index (χ2v) is 10.7. The summed E-state index contributed by atoms with van der Waals surface area (Å²) in [6.07, 6.45) is 3.39. The van der Waals surface area contributed by atoms with Crippen LogP contribution >= 0.6 is 0 Å². The maximum atomic E-state index is 13.9. The summed E-state index contributed by atoms with van der Waals surface area (Å²) in [5.41, 5.74) is 1.54. The molecule has 1 aliphatic heterocycles. The van der Waals surface area contributed by atoms with Crippen LogP contribution < -0.4 is 20.1 Å². The van der Waals surface area contributed by atoms with Crippen molar-refractivity contribution < 1.29 is 33.4 Å². The van der Waals surface area contributed by atoms with Crippen LogP contribution in [-0.2, 0) is 14.3 Å². The summed E-state index contributed by atoms with van der Waals surface area (Å²) in [6.45, 7) is 6.69. The molecule has 2 unspecified atom stereocenters. The van der Waals surface area contributed by atoms with Crippen molar-refractivity contribution in [2.75, 3.05) is 27.3 Å². The number of aryl methyl sites for hydroxylation is 1. The second kappa shape index (κ2) is 13.9. The molecule has 0 fully saturated rings. The minimum absolute atomic E-state index is 0.00772. The third-order valence-corrected chi connectivity index (χ3v) is 7.25. The highest BCUT2D eigenvalue weighted by Crippen LogP contribution is 2.30. The number of ether oxygens (including phenoxy) is 3. The molecule has 2 bridgehead atoms. The van der Waals surface area contributed by atoms with Gasteiger partial charge in [0.2, 0.25) is 12.0 Å². The van der Waals surface area contributed by atoms with Crippen LogP contribution in [0.3, 0.4) is 0 Å². The predicted octanol–water partition coefficient (Wildman–Crippen LogP) is 2.19. The summed E-state index contributed by atoms with van der Waals surface area (Å²) < 4.78 is 16.3. The molecule has 0 spiro atoms. The standard InChI is InChI=1S/C31H36N6O7/c1-17(2)23-15-37(30(40)22-14-33-28(35-18(22)3)21-8-7-11-32-13-21)16-26(38)34-19(4)27(31(41)43-6)44-25-12-20(29(39)36-23)9-10-24(25)42-5/h7-14,17,19,23,27H,15-16H2,1-6H3,(H,34,38)(H,36,39)/t19-,23?,27?/m0/s1. The average Bonchev–Trinajstić information content (AvgIpc) is 3.01. The van der Waals surface area contributed by atoms with Crippen LogP contribution in [-0.4, -0.2) is 89.0 Å². The van der Waals surface area contributed by atoms with E-state index in [1.165, 1.54) is 31.4 Å². The number of aromatic nitrogens is 3. The highest BCUT2D eigenvalue weighted by molar-refractivity contribution is 5.98. The van der Waals surface area contributed by atoms with E-state index < -0.39 is 41.9 Å². The summed E-state index contributed by atoms with van der Waals surface area (Å²) in [5.74, 6) is -1.55. The Morgan fingerprint density at radius 3 is 2.50 bits per heavy atom. The Kier molecular flexibility index (Phi) is 10.1. The fraction of sp³-hybridized carbons (Fsp3) is 0.387. The van der Waals surface area contributed by atoms with E-state index in [1.807, 2.05) is 19.9 Å². The third kappa shape index (κ3) is 7.28. The molecule has 3 heterocycles. The number of esters is 1. The topological polar surface area (TPSA) is 162 Å². The molecular formula is C31H36N6O7. The Bertz CT molecular complexity index is 1530. The van der Waals surface area contributed by atoms with Gasteiger partial charge in [-0.2, -0.15) is 0 Å². The zero-order valence-corrected chi connectivity index (χ0v) is 25.5. The number of nitrogens with zero attached hydrogens (tertiary/aromatic N) is 4. The molecule has 0 aliphatic carbocycles. The van der Waals surface area contributed by atoms with Crippen molar-refractivity contribution in [1.29, 1.82) is 0 Å². The van der Waals surface area contributed by atoms with Gasteiger partial charge in [-0.05, 0) is 50.1 Å². The van der Waals surface area contributed by atoms with Crippen molar-refractivity contribution in [1.82, 2.24) is 30.5 Å². The average molecular weight is 605 g/mol. The van der Waals surface area contributed by atoms with Crippen LogP contribution in [0.15, 0.2) is 48.9 Å². The van der Waals surface area contributed by atoms with E-state index >= 15 is 0 Å². The summed E-state index contributed by atoms with van der Waals surface area (Å²) in [6, 6.07) is 6.71. The lowest BCUT2D eigenvalue weighted by Crippen LogP contribution is -2.54. The van der Waals surface area contributed by atoms with Gasteiger partial charge in [0.15, 0.2) is 17.3 Å². The molecule has 1 aromatic carbocycles. The zero-order chi connectivity index (χ0) is 32.0. The number of carbonyl (C=O) groups excluding carboxylic acids is 4. The van der Waals surface area contributed by atoms with Gasteiger partial charge in [0.25, 0.3) is 11.8 Å². The lowest BCUT2D eigenvalue weighted by Gasteiger charge is -2.32. The molecule has 2 N–H and O–H groups in total. The molecule has 0 radical (unpaired) electrons. The van der Waals surface area contributed by atoms with E-state index in [1.54, 1.807) is 44.4 Å². The van der Waals surface area contributed by atoms with Gasteiger partial charge >= 0.3 is 5.97 Å². The Labute approximate surface area is 255 Å². The first-order chi connectivity index (χ1) is 21.0. The van der Waals surface area contributed by atoms with Gasteiger partial charge in [0, 0.05) is 42.3 Å². The number of pyridine rings is 1. The molecule has 0 saturated carbocycles. The lowest BCUT2D eigenvalue weighted by molar-refractivity contribution is -0.150. The van der Waals surface area contributed by atoms with E-state index in [0.717, 1.165) is 0 Å². The van der Waals surface area contributed by atoms with Crippen molar-refractivity contribution in [2.24, 2.45) is 5.92 Å². The van der Waals surface area contributed by atoms with Crippen LogP contribution in [0.5, 0.6) is 11.5 Å². The largest absolute Gasteiger partial charge is 0.493 e. The minimum atomic E-state index is -1.29. The van der Waals surface area contributed by atoms with E-state index in [4.69, 9.17) is 14.2 Å². The van der Waals surface area contributed by atoms with Crippen molar-refractivity contribution in [3.63, 3.8) is 0 Å². The third-order valence-electron chi connectivity index (χ3n) is 7.25. The van der Waals surface area contributed by atoms with Crippen LogP contribution in [0.1, 0.15) is 47.2 Å². The molecule has 3 aromatic rings. The first-order valence-electron chi connectivity index (χ1n) is 14.1. The first-order valence-corrected chi connectivity index (χ1v) is 14.1. The zero-order valence-electron chi connectivity index (χ0n) is 25.5. The van der Waals surface area contributed by atoms with Gasteiger partial charge in [-0.1, -0.05) is 13.8 Å². The molecule has 13 nitrogen and oxygen atoms in total. The second-order valence-electron chi connectivity index (χ2n) is 10.7. The fourth-order valence-electron chi connectivity index (χ4n) is 4.68. The molecule has 3 amide bonds. The molecule has 4 rings (SSSR count). The summed E-state index contributed by atoms with van der Waals surface area (Å²) in [7, 11) is 2.63. The molecule has 232 valence electrons. The number of nitrogens with one attached hydrogen (secondary N) is 2. The van der Waals surface area contributed by atoms with E-state index in [-0.39, 0.29) is 41.6 Å². The van der Waals surface area contributed by atoms with Crippen molar-refractivity contribution in [3.8, 4) is 22.9 Å². The van der Waals surface area contributed by atoms with Crippen LogP contribution in [0.4, 0.5) is 0 Å². The molecular weight excluding hydrogens is 568 g/mol. The van der Waals surface area contributed by atoms with Crippen molar-refractivity contribution in [3.05, 3.63) is 65.7 Å². The number of hydrogen-bond donors (Lipinski definition) is 2. The van der Waals surface area contributed by atoms with Gasteiger partial charge in [0.05, 0.1) is 38.1 Å². The van der Waals surface area contributed by atoms with E-state index in [2.05, 4.69) is 25.6 Å². The van der Waals surface area contributed by atoms with Gasteiger partial charge < -0.3 is 29.7 Å². The predicted molar refractivity (Wildman–Crippen MR) is 159 cm³/mol. The fourth-order valence-corrected chi connectivity index (χ4v) is 4.68. The van der Waals surface area contributed by atoms with Crippen LogP contribution in [0.25, 0.3) is 11.4 Å². The summed E-state index contributed by atoms with van der Waals surface area (Å²) >= 11 is 0. The smallest absolute Gasteiger partial charge is 0.349 e. The Morgan fingerprint density at radius 2 is 1.86 bits per heavy atom. The Morgan fingerprint density at radius 1 is 1.09 bits per heavy atom. The maximum absolute atomic E-state index is 13.9. The van der Waals surface area contributed by atoms with Gasteiger partial charge in [-0.3, -0.25) is 19.4 Å². The maximum Gasteiger partial charge on any atom is 0.349 e. The summed E-state index contributed by atoms with van der Waals surface area (Å²) in [5, 5.41) is 5.73. The van der Waals surface area contributed by atoms with Crippen molar-refractivity contribution in [2.45, 2.75) is 45.9 Å². The molecule has 2 aromatic heterocycles. The van der Waals surface area contributed by atoms with Gasteiger partial charge in [0.1, 0.15) is 0 Å². The summed E-state index contributed by atoms with van der Waals surface area (Å²) in [4.78, 5) is 67.8. The van der Waals surface area contributed by atoms with Crippen molar-refractivity contribution >= 4 is 23.7 Å². The molecule has 13 heteroatoms. The minimum Gasteiger partial charge on any atom is -0.493 e. The number of hydrogen-bond acceptors (Lipinski definition) is 10. The number of methoxy groups -OCH3 is 2. The number of rotatable bonds is 5. The Balaban J connectivity index is 1.73.